The van der Waals surface area contributed by atoms with Gasteiger partial charge in [0.25, 0.3) is 0 Å². The number of aryl methyl sites for hydroxylation is 1. The van der Waals surface area contributed by atoms with E-state index in [0.29, 0.717) is 24.2 Å². The summed E-state index contributed by atoms with van der Waals surface area (Å²) < 4.78 is 5.45. The van der Waals surface area contributed by atoms with Gasteiger partial charge in [-0.15, -0.1) is 0 Å². The Hall–Kier alpha value is -2.75. The second kappa shape index (κ2) is 6.28. The molecule has 2 aromatic carbocycles. The molecule has 0 fully saturated rings. The first kappa shape index (κ1) is 17.1. The fourth-order valence-corrected chi connectivity index (χ4v) is 3.39. The van der Waals surface area contributed by atoms with E-state index in [4.69, 9.17) is 4.74 Å². The maximum atomic E-state index is 13.0. The highest BCUT2D eigenvalue weighted by molar-refractivity contribution is 6.16. The summed E-state index contributed by atoms with van der Waals surface area (Å²) in [5.41, 5.74) is 4.64. The Balaban J connectivity index is 2.21. The van der Waals surface area contributed by atoms with Gasteiger partial charge in [0.15, 0.2) is 0 Å². The lowest BCUT2D eigenvalue weighted by molar-refractivity contribution is 0.102. The largest absolute Gasteiger partial charge is 0.507 e. The summed E-state index contributed by atoms with van der Waals surface area (Å²) in [6.07, 6.45) is 2.93. The number of methoxy groups -OCH3 is 1. The molecule has 0 aromatic heterocycles. The summed E-state index contributed by atoms with van der Waals surface area (Å²) in [7, 11) is 1.56. The van der Waals surface area contributed by atoms with Crippen molar-refractivity contribution in [3.63, 3.8) is 0 Å². The number of hydrogen-bond acceptors (Lipinski definition) is 4. The van der Waals surface area contributed by atoms with Gasteiger partial charge in [-0.2, -0.15) is 0 Å². The van der Waals surface area contributed by atoms with Crippen molar-refractivity contribution in [2.45, 2.75) is 33.6 Å². The molecule has 4 heteroatoms. The van der Waals surface area contributed by atoms with Crippen LogP contribution in [-0.2, 0) is 12.8 Å². The lowest BCUT2D eigenvalue weighted by Gasteiger charge is -2.23. The molecule has 0 spiro atoms. The van der Waals surface area contributed by atoms with Crippen LogP contribution in [-0.4, -0.2) is 23.1 Å². The topological polar surface area (TPSA) is 66.8 Å². The molecule has 0 unspecified atom stereocenters. The predicted octanol–water partition coefficient (Wildman–Crippen LogP) is 4.06. The van der Waals surface area contributed by atoms with Crippen LogP contribution < -0.4 is 4.74 Å². The summed E-state index contributed by atoms with van der Waals surface area (Å²) in [6.45, 7) is 5.83. The molecule has 0 radical (unpaired) electrons. The van der Waals surface area contributed by atoms with Gasteiger partial charge in [0.05, 0.1) is 18.2 Å². The minimum Gasteiger partial charge on any atom is -0.507 e. The Labute approximate surface area is 147 Å². The Bertz CT molecular complexity index is 903. The summed E-state index contributed by atoms with van der Waals surface area (Å²) >= 11 is 0. The minimum atomic E-state index is -0.340. The molecule has 0 saturated carbocycles. The Morgan fingerprint density at radius 1 is 1.16 bits per heavy atom. The predicted molar refractivity (Wildman–Crippen MR) is 96.9 cm³/mol. The number of carbonyl (C=O) groups is 1. The zero-order valence-electron chi connectivity index (χ0n) is 14.9. The van der Waals surface area contributed by atoms with Crippen molar-refractivity contribution in [2.75, 3.05) is 7.11 Å². The highest BCUT2D eigenvalue weighted by Crippen LogP contribution is 2.42. The first-order chi connectivity index (χ1) is 11.8. The first-order valence-electron chi connectivity index (χ1n) is 8.25. The molecule has 0 saturated heterocycles. The van der Waals surface area contributed by atoms with Crippen molar-refractivity contribution < 1.29 is 19.7 Å². The number of fused-ring (bicyclic) bond motifs is 2. The zero-order valence-corrected chi connectivity index (χ0v) is 14.9. The minimum absolute atomic E-state index is 0.0354. The number of allylic oxidation sites excluding steroid dienone is 2. The first-order valence-corrected chi connectivity index (χ1v) is 8.25. The van der Waals surface area contributed by atoms with Gasteiger partial charge in [0.2, 0.25) is 5.78 Å². The average molecular weight is 338 g/mol. The fraction of sp³-hybridized carbons (Fsp3) is 0.286. The highest BCUT2D eigenvalue weighted by atomic mass is 16.5. The molecular formula is C21H22O4. The molecule has 1 aliphatic rings. The van der Waals surface area contributed by atoms with Crippen LogP contribution in [0.15, 0.2) is 29.8 Å². The monoisotopic (exact) mass is 338 g/mol. The van der Waals surface area contributed by atoms with Gasteiger partial charge in [-0.25, -0.2) is 0 Å². The van der Waals surface area contributed by atoms with Gasteiger partial charge in [0, 0.05) is 5.56 Å². The fourth-order valence-electron chi connectivity index (χ4n) is 3.39. The zero-order chi connectivity index (χ0) is 18.3. The summed E-state index contributed by atoms with van der Waals surface area (Å²) in [5, 5.41) is 21.0. The van der Waals surface area contributed by atoms with Crippen molar-refractivity contribution in [1.29, 1.82) is 0 Å². The quantitative estimate of drug-likeness (QED) is 0.707. The number of hydrogen-bond donors (Lipinski definition) is 2. The SMILES string of the molecule is COc1cc2c(c(O)c1CC=C(C)C)C(=O)c1c(O)cc(C)cc1C2. The summed E-state index contributed by atoms with van der Waals surface area (Å²) in [4.78, 5) is 13.0. The lowest BCUT2D eigenvalue weighted by atomic mass is 9.81. The van der Waals surface area contributed by atoms with Crippen LogP contribution in [0.25, 0.3) is 0 Å². The third-order valence-electron chi connectivity index (χ3n) is 4.56. The van der Waals surface area contributed by atoms with E-state index >= 15 is 0 Å². The average Bonchev–Trinajstić information content (AvgIpc) is 2.52. The molecular weight excluding hydrogens is 316 g/mol. The maximum absolute atomic E-state index is 13.0. The van der Waals surface area contributed by atoms with Crippen LogP contribution in [0.4, 0.5) is 0 Å². The van der Waals surface area contributed by atoms with Crippen LogP contribution in [0, 0.1) is 6.92 Å². The van der Waals surface area contributed by atoms with E-state index in [1.807, 2.05) is 39.0 Å². The number of phenols is 2. The Morgan fingerprint density at radius 2 is 1.84 bits per heavy atom. The third kappa shape index (κ3) is 2.88. The molecule has 1 aliphatic carbocycles. The van der Waals surface area contributed by atoms with Crippen LogP contribution in [0.1, 0.15) is 52.0 Å². The van der Waals surface area contributed by atoms with Crippen LogP contribution in [0.3, 0.4) is 0 Å². The van der Waals surface area contributed by atoms with Crippen molar-refractivity contribution in [2.24, 2.45) is 0 Å². The second-order valence-corrected chi connectivity index (χ2v) is 6.75. The molecule has 2 aromatic rings. The standard InChI is InChI=1S/C21H22O4/c1-11(2)5-6-15-17(25-4)10-14-9-13-7-12(3)8-16(22)18(13)21(24)19(14)20(15)23/h5,7-8,10,22-23H,6,9H2,1-4H3. The number of phenolic OH excluding ortho intramolecular Hbond substituents is 2. The van der Waals surface area contributed by atoms with Gasteiger partial charge >= 0.3 is 0 Å². The molecule has 2 N–H and O–H groups in total. The smallest absolute Gasteiger partial charge is 0.201 e. The van der Waals surface area contributed by atoms with E-state index in [1.165, 1.54) is 0 Å². The van der Waals surface area contributed by atoms with Gasteiger partial charge in [-0.1, -0.05) is 17.7 Å². The van der Waals surface area contributed by atoms with Crippen molar-refractivity contribution in [3.8, 4) is 17.2 Å². The van der Waals surface area contributed by atoms with Crippen LogP contribution in [0.2, 0.25) is 0 Å². The van der Waals surface area contributed by atoms with E-state index < -0.39 is 0 Å². The van der Waals surface area contributed by atoms with Gasteiger partial charge in [0.1, 0.15) is 17.2 Å². The Morgan fingerprint density at radius 3 is 2.48 bits per heavy atom. The maximum Gasteiger partial charge on any atom is 0.201 e. The van der Waals surface area contributed by atoms with Crippen LogP contribution in [0.5, 0.6) is 17.2 Å². The number of ketones is 1. The number of ether oxygens (including phenoxy) is 1. The molecule has 130 valence electrons. The molecule has 0 aliphatic heterocycles. The molecule has 0 amide bonds. The van der Waals surface area contributed by atoms with Gasteiger partial charge in [-0.05, 0) is 62.4 Å². The van der Waals surface area contributed by atoms with E-state index in [2.05, 4.69) is 0 Å². The van der Waals surface area contributed by atoms with Crippen molar-refractivity contribution >= 4 is 5.78 Å². The van der Waals surface area contributed by atoms with Gasteiger partial charge in [-0.3, -0.25) is 4.79 Å². The molecule has 4 nitrogen and oxygen atoms in total. The lowest BCUT2D eigenvalue weighted by Crippen LogP contribution is -2.17. The van der Waals surface area contributed by atoms with Crippen LogP contribution >= 0.6 is 0 Å². The third-order valence-corrected chi connectivity index (χ3v) is 4.56. The molecule has 0 heterocycles. The highest BCUT2D eigenvalue weighted by Gasteiger charge is 2.31. The number of rotatable bonds is 3. The van der Waals surface area contributed by atoms with E-state index in [0.717, 1.165) is 22.3 Å². The molecule has 0 atom stereocenters. The van der Waals surface area contributed by atoms with Crippen molar-refractivity contribution in [3.05, 3.63) is 63.2 Å². The van der Waals surface area contributed by atoms with Crippen molar-refractivity contribution in [1.82, 2.24) is 0 Å². The number of benzene rings is 2. The number of carbonyl (C=O) groups excluding carboxylic acids is 1. The summed E-state index contributed by atoms with van der Waals surface area (Å²) in [5.74, 6) is 0.142. The van der Waals surface area contributed by atoms with Gasteiger partial charge < -0.3 is 14.9 Å². The Kier molecular flexibility index (Phi) is 4.29. The molecule has 0 bridgehead atoms. The van der Waals surface area contributed by atoms with E-state index in [1.54, 1.807) is 13.2 Å². The normalized spacial score (nSPS) is 12.4. The van der Waals surface area contributed by atoms with E-state index in [-0.39, 0.29) is 28.4 Å². The number of aromatic hydroxyl groups is 2. The molecule has 3 rings (SSSR count). The molecule has 25 heavy (non-hydrogen) atoms. The second-order valence-electron chi connectivity index (χ2n) is 6.75. The summed E-state index contributed by atoms with van der Waals surface area (Å²) in [6, 6.07) is 5.30. The van der Waals surface area contributed by atoms with E-state index in [9.17, 15) is 15.0 Å².